The van der Waals surface area contributed by atoms with Crippen molar-refractivity contribution in [3.8, 4) is 16.9 Å². The summed E-state index contributed by atoms with van der Waals surface area (Å²) in [4.78, 5) is 22.3. The number of hydrogen-bond acceptors (Lipinski definition) is 10. The van der Waals surface area contributed by atoms with E-state index in [0.717, 1.165) is 59.5 Å². The fourth-order valence-corrected chi connectivity index (χ4v) is 7.78. The zero-order chi connectivity index (χ0) is 35.1. The van der Waals surface area contributed by atoms with Gasteiger partial charge in [-0.1, -0.05) is 11.3 Å². The van der Waals surface area contributed by atoms with Crippen LogP contribution in [0.2, 0.25) is 0 Å². The summed E-state index contributed by atoms with van der Waals surface area (Å²) in [5, 5.41) is 9.89. The molecule has 266 valence electrons. The summed E-state index contributed by atoms with van der Waals surface area (Å²) in [6, 6.07) is 13.1. The van der Waals surface area contributed by atoms with E-state index in [1.165, 1.54) is 12.8 Å². The monoisotopic (exact) mass is 708 g/mol. The number of piperidine rings is 2. The van der Waals surface area contributed by atoms with Gasteiger partial charge >= 0.3 is 5.97 Å². The number of esters is 1. The van der Waals surface area contributed by atoms with Crippen LogP contribution in [0.4, 0.5) is 25.8 Å². The number of carbonyl (C=O) groups is 1. The average molecular weight is 709 g/mol. The normalized spacial score (nSPS) is 18.5. The molecular formula is C35H42F2N8O4S. The van der Waals surface area contributed by atoms with Crippen molar-refractivity contribution in [2.75, 3.05) is 73.7 Å². The second-order valence-corrected chi connectivity index (χ2v) is 15.9. The first-order valence-electron chi connectivity index (χ1n) is 17.0. The first-order chi connectivity index (χ1) is 23.9. The molecule has 12 nitrogen and oxygen atoms in total. The molecule has 3 aliphatic rings. The minimum Gasteiger partial charge on any atom is -0.464 e. The highest BCUT2D eigenvalue weighted by Crippen LogP contribution is 2.54. The number of ether oxygens (including phenoxy) is 1. The highest BCUT2D eigenvalue weighted by Gasteiger charge is 2.44. The Balaban J connectivity index is 1.16. The van der Waals surface area contributed by atoms with Crippen molar-refractivity contribution in [2.24, 2.45) is 5.41 Å². The molecule has 2 aromatic heterocycles. The molecule has 2 saturated heterocycles. The molecule has 4 heterocycles. The van der Waals surface area contributed by atoms with Crippen LogP contribution in [0.15, 0.2) is 54.9 Å². The van der Waals surface area contributed by atoms with Crippen LogP contribution < -0.4 is 14.5 Å². The molecule has 15 heteroatoms. The van der Waals surface area contributed by atoms with Gasteiger partial charge in [0.2, 0.25) is 10.0 Å². The Kier molecular flexibility index (Phi) is 9.14. The number of sulfonamides is 1. The Morgan fingerprint density at radius 1 is 0.960 bits per heavy atom. The first kappa shape index (κ1) is 34.1. The van der Waals surface area contributed by atoms with Gasteiger partial charge in [0.1, 0.15) is 18.1 Å². The molecule has 2 aliphatic heterocycles. The molecule has 1 saturated carbocycles. The molecule has 1 spiro atoms. The maximum absolute atomic E-state index is 14.0. The molecule has 2 aromatic carbocycles. The molecule has 50 heavy (non-hydrogen) atoms. The third-order valence-corrected chi connectivity index (χ3v) is 11.2. The van der Waals surface area contributed by atoms with Gasteiger partial charge in [-0.15, -0.1) is 5.10 Å². The van der Waals surface area contributed by atoms with E-state index in [9.17, 15) is 22.0 Å². The number of fused-ring (bicyclic) bond motifs is 1. The summed E-state index contributed by atoms with van der Waals surface area (Å²) < 4.78 is 63.4. The Morgan fingerprint density at radius 2 is 1.68 bits per heavy atom. The fraction of sp³-hybridized carbons (Fsp3) is 0.486. The summed E-state index contributed by atoms with van der Waals surface area (Å²) in [7, 11) is -0.342. The molecule has 7 rings (SSSR count). The van der Waals surface area contributed by atoms with E-state index in [4.69, 9.17) is 4.74 Å². The molecule has 3 fully saturated rings. The lowest BCUT2D eigenvalue weighted by molar-refractivity contribution is -0.143. The minimum atomic E-state index is -3.80. The highest BCUT2D eigenvalue weighted by molar-refractivity contribution is 7.92. The maximum atomic E-state index is 14.0. The molecule has 4 aromatic rings. The Labute approximate surface area is 290 Å². The lowest BCUT2D eigenvalue weighted by Crippen LogP contribution is -2.39. The molecule has 0 amide bonds. The molecule has 0 atom stereocenters. The number of halogens is 2. The van der Waals surface area contributed by atoms with Gasteiger partial charge in [0.25, 0.3) is 5.92 Å². The van der Waals surface area contributed by atoms with Gasteiger partial charge in [-0.2, -0.15) is 0 Å². The van der Waals surface area contributed by atoms with Crippen molar-refractivity contribution in [2.45, 2.75) is 44.4 Å². The van der Waals surface area contributed by atoms with Crippen LogP contribution in [0.3, 0.4) is 0 Å². The van der Waals surface area contributed by atoms with E-state index in [2.05, 4.69) is 24.9 Å². The summed E-state index contributed by atoms with van der Waals surface area (Å²) in [5.41, 5.74) is 5.36. The minimum absolute atomic E-state index is 0.0687. The average Bonchev–Trinajstić information content (AvgIpc) is 3.63. The third kappa shape index (κ3) is 7.68. The van der Waals surface area contributed by atoms with Crippen LogP contribution in [-0.4, -0.2) is 104 Å². The van der Waals surface area contributed by atoms with Gasteiger partial charge in [-0.05, 0) is 81.6 Å². The largest absolute Gasteiger partial charge is 0.464 e. The van der Waals surface area contributed by atoms with Crippen molar-refractivity contribution in [3.05, 3.63) is 54.9 Å². The summed E-state index contributed by atoms with van der Waals surface area (Å²) >= 11 is 0. The molecule has 0 unspecified atom stereocenters. The first-order valence-corrected chi connectivity index (χ1v) is 18.7. The summed E-state index contributed by atoms with van der Waals surface area (Å²) in [6.07, 6.45) is 7.77. The number of aromatic nitrogens is 4. The predicted molar refractivity (Wildman–Crippen MR) is 189 cm³/mol. The number of nitrogens with one attached hydrogen (secondary N) is 1. The van der Waals surface area contributed by atoms with Crippen LogP contribution in [0, 0.1) is 5.41 Å². The van der Waals surface area contributed by atoms with E-state index in [-0.39, 0.29) is 44.8 Å². The van der Waals surface area contributed by atoms with E-state index >= 15 is 0 Å². The van der Waals surface area contributed by atoms with Crippen LogP contribution in [0.25, 0.3) is 27.8 Å². The summed E-state index contributed by atoms with van der Waals surface area (Å²) in [6.45, 7) is 1.95. The smallest absolute Gasteiger partial charge is 0.320 e. The number of anilines is 3. The summed E-state index contributed by atoms with van der Waals surface area (Å²) in [5.74, 6) is -3.53. The van der Waals surface area contributed by atoms with Gasteiger partial charge in [0.15, 0.2) is 0 Å². The predicted octanol–water partition coefficient (Wildman–Crippen LogP) is 4.94. The fourth-order valence-electron chi connectivity index (χ4n) is 6.89. The van der Waals surface area contributed by atoms with E-state index < -0.39 is 21.9 Å². The van der Waals surface area contributed by atoms with Crippen molar-refractivity contribution < 1.29 is 26.7 Å². The molecule has 0 radical (unpaired) electrons. The van der Waals surface area contributed by atoms with Gasteiger partial charge in [0, 0.05) is 61.9 Å². The molecule has 1 N–H and O–H groups in total. The number of hydrogen-bond donors (Lipinski definition) is 1. The third-order valence-electron chi connectivity index (χ3n) is 9.99. The van der Waals surface area contributed by atoms with Crippen LogP contribution in [-0.2, 0) is 19.6 Å². The second kappa shape index (κ2) is 13.4. The van der Waals surface area contributed by atoms with Crippen LogP contribution in [0.5, 0.6) is 0 Å². The lowest BCUT2D eigenvalue weighted by Gasteiger charge is -2.35. The number of likely N-dealkylation sites (N-methyl/N-ethyl adjacent to an activating group) is 1. The molecular weight excluding hydrogens is 666 g/mol. The van der Waals surface area contributed by atoms with Gasteiger partial charge < -0.3 is 14.5 Å². The van der Waals surface area contributed by atoms with Crippen molar-refractivity contribution in [3.63, 3.8) is 0 Å². The zero-order valence-corrected chi connectivity index (χ0v) is 29.1. The van der Waals surface area contributed by atoms with E-state index in [1.54, 1.807) is 35.9 Å². The number of nitrogens with zero attached hydrogens (tertiary/aromatic N) is 7. The number of rotatable bonds is 11. The van der Waals surface area contributed by atoms with Gasteiger partial charge in [-0.25, -0.2) is 21.9 Å². The Hall–Kier alpha value is -4.37. The maximum Gasteiger partial charge on any atom is 0.320 e. The standard InChI is InChI=1S/C35H42F2N8O4S/c1-42(2)24-32(46)49-18-19-50(47,48)40-26-5-6-28(30(21-26)43-14-9-34(7-8-34)10-15-43)29-23-45(41-39-29)27-20-25-4-3-13-38-33(25)31(22-27)44-16-11-35(36,37)12-17-44/h3-6,13,20-23,40H,7-12,14-19,24H2,1-2H3. The van der Waals surface area contributed by atoms with E-state index in [1.807, 2.05) is 47.5 Å². The second-order valence-electron chi connectivity index (χ2n) is 14.0. The van der Waals surface area contributed by atoms with E-state index in [0.29, 0.717) is 16.8 Å². The quantitative estimate of drug-likeness (QED) is 0.214. The SMILES string of the molecule is CN(C)CC(=O)OCCS(=O)(=O)Nc1ccc(-c2cn(-c3cc(N4CCC(F)(F)CC4)c4ncccc4c3)nn2)c(N2CCC3(CC2)CC3)c1. The number of pyridine rings is 1. The number of benzene rings is 2. The Morgan fingerprint density at radius 3 is 2.40 bits per heavy atom. The number of carbonyl (C=O) groups excluding carboxylic acids is 1. The van der Waals surface area contributed by atoms with Crippen molar-refractivity contribution >= 4 is 44.0 Å². The number of alkyl halides is 2. The van der Waals surface area contributed by atoms with Gasteiger partial charge in [0.05, 0.1) is 35.3 Å². The van der Waals surface area contributed by atoms with Crippen molar-refractivity contribution in [1.29, 1.82) is 0 Å². The topological polar surface area (TPSA) is 126 Å². The molecule has 1 aliphatic carbocycles. The Bertz CT molecular complexity index is 1980. The highest BCUT2D eigenvalue weighted by atomic mass is 32.2. The molecule has 0 bridgehead atoms. The van der Waals surface area contributed by atoms with Crippen LogP contribution in [0.1, 0.15) is 38.5 Å². The van der Waals surface area contributed by atoms with Gasteiger partial charge in [-0.3, -0.25) is 19.4 Å². The van der Waals surface area contributed by atoms with Crippen LogP contribution >= 0.6 is 0 Å². The zero-order valence-electron chi connectivity index (χ0n) is 28.3. The van der Waals surface area contributed by atoms with Crippen molar-refractivity contribution in [1.82, 2.24) is 24.9 Å². The lowest BCUT2D eigenvalue weighted by atomic mass is 9.93.